The van der Waals surface area contributed by atoms with Gasteiger partial charge in [0, 0.05) is 19.0 Å². The Morgan fingerprint density at radius 3 is 2.46 bits per heavy atom. The first-order chi connectivity index (χ1) is 13.3. The van der Waals surface area contributed by atoms with Crippen molar-refractivity contribution in [3.05, 3.63) is 53.1 Å². The van der Waals surface area contributed by atoms with Crippen LogP contribution in [0.5, 0.6) is 11.5 Å². The second-order valence-corrected chi connectivity index (χ2v) is 7.45. The van der Waals surface area contributed by atoms with Crippen molar-refractivity contribution < 1.29 is 15.0 Å². The summed E-state index contributed by atoms with van der Waals surface area (Å²) in [5.41, 5.74) is 5.41. The molecule has 2 rings (SSSR count). The molecule has 0 saturated carbocycles. The minimum atomic E-state index is -0.160. The maximum Gasteiger partial charge on any atom is 0.217 e. The van der Waals surface area contributed by atoms with E-state index in [0.29, 0.717) is 11.1 Å². The molecule has 2 aromatic rings. The highest BCUT2D eigenvalue weighted by Crippen LogP contribution is 2.44. The molecular weight excluding hydrogens is 350 g/mol. The predicted octanol–water partition coefficient (Wildman–Crippen LogP) is 5.48. The van der Waals surface area contributed by atoms with Gasteiger partial charge in [-0.1, -0.05) is 55.7 Å². The van der Waals surface area contributed by atoms with Gasteiger partial charge in [-0.2, -0.15) is 0 Å². The van der Waals surface area contributed by atoms with Crippen LogP contribution in [0, 0.1) is 6.92 Å². The number of phenols is 2. The standard InChI is InChI=1S/C24H31NO3/c1-6-7-8-9-18-13-22(27)23(24(28)21(18)14-25-17(5)26)20-12-16(4)10-11-19(20)15(2)3/h10-13,27-28H,2,6-9,14H2,1,3-5H3,(H,25,26). The molecule has 0 heterocycles. The third kappa shape index (κ3) is 4.94. The van der Waals surface area contributed by atoms with Gasteiger partial charge in [0.15, 0.2) is 0 Å². The Hall–Kier alpha value is -2.75. The molecule has 150 valence electrons. The number of aromatic hydroxyl groups is 2. The first-order valence-electron chi connectivity index (χ1n) is 9.84. The number of carbonyl (C=O) groups excluding carboxylic acids is 1. The fraction of sp³-hybridized carbons (Fsp3) is 0.375. The van der Waals surface area contributed by atoms with Crippen molar-refractivity contribution in [2.24, 2.45) is 0 Å². The Labute approximate surface area is 167 Å². The first-order valence-corrected chi connectivity index (χ1v) is 9.84. The summed E-state index contributed by atoms with van der Waals surface area (Å²) >= 11 is 0. The molecule has 0 spiro atoms. The Morgan fingerprint density at radius 2 is 1.86 bits per heavy atom. The topological polar surface area (TPSA) is 69.6 Å². The molecule has 0 aromatic heterocycles. The molecule has 0 aliphatic heterocycles. The van der Waals surface area contributed by atoms with E-state index in [4.69, 9.17) is 0 Å². The van der Waals surface area contributed by atoms with Gasteiger partial charge in [0.2, 0.25) is 5.91 Å². The number of nitrogens with one attached hydrogen (secondary N) is 1. The fourth-order valence-corrected chi connectivity index (χ4v) is 3.45. The van der Waals surface area contributed by atoms with Gasteiger partial charge in [0.25, 0.3) is 0 Å². The maximum atomic E-state index is 11.5. The number of carbonyl (C=O) groups is 1. The lowest BCUT2D eigenvalue weighted by Crippen LogP contribution is -2.20. The third-order valence-corrected chi connectivity index (χ3v) is 4.95. The van der Waals surface area contributed by atoms with E-state index in [-0.39, 0.29) is 24.0 Å². The molecular formula is C24H31NO3. The maximum absolute atomic E-state index is 11.5. The SMILES string of the molecule is C=C(C)c1ccc(C)cc1-c1c(O)cc(CCCCC)c(CNC(C)=O)c1O. The largest absolute Gasteiger partial charge is 0.507 e. The van der Waals surface area contributed by atoms with Crippen molar-refractivity contribution in [1.29, 1.82) is 0 Å². The lowest BCUT2D eigenvalue weighted by atomic mass is 9.89. The summed E-state index contributed by atoms with van der Waals surface area (Å²) in [7, 11) is 0. The lowest BCUT2D eigenvalue weighted by molar-refractivity contribution is -0.119. The van der Waals surface area contributed by atoms with Gasteiger partial charge in [0.05, 0.1) is 5.56 Å². The van der Waals surface area contributed by atoms with E-state index < -0.39 is 0 Å². The second kappa shape index (κ2) is 9.45. The molecule has 4 heteroatoms. The lowest BCUT2D eigenvalue weighted by Gasteiger charge is -2.19. The number of allylic oxidation sites excluding steroid dienone is 1. The van der Waals surface area contributed by atoms with E-state index in [1.165, 1.54) is 6.92 Å². The summed E-state index contributed by atoms with van der Waals surface area (Å²) in [5.74, 6) is -0.0938. The molecule has 1 amide bonds. The Kier molecular flexibility index (Phi) is 7.27. The molecule has 0 aliphatic rings. The quantitative estimate of drug-likeness (QED) is 0.531. The van der Waals surface area contributed by atoms with Crippen LogP contribution in [0.25, 0.3) is 16.7 Å². The van der Waals surface area contributed by atoms with Crippen LogP contribution in [0.2, 0.25) is 0 Å². The van der Waals surface area contributed by atoms with Gasteiger partial charge in [-0.15, -0.1) is 0 Å². The van der Waals surface area contributed by atoms with E-state index in [1.807, 2.05) is 32.0 Å². The van der Waals surface area contributed by atoms with Crippen LogP contribution >= 0.6 is 0 Å². The van der Waals surface area contributed by atoms with E-state index >= 15 is 0 Å². The van der Waals surface area contributed by atoms with Crippen LogP contribution in [0.3, 0.4) is 0 Å². The number of hydrogen-bond donors (Lipinski definition) is 3. The Balaban J connectivity index is 2.66. The molecule has 0 aliphatic carbocycles. The zero-order valence-corrected chi connectivity index (χ0v) is 17.4. The Bertz CT molecular complexity index is 884. The number of hydrogen-bond acceptors (Lipinski definition) is 3. The molecule has 4 nitrogen and oxygen atoms in total. The van der Waals surface area contributed by atoms with Gasteiger partial charge in [-0.25, -0.2) is 0 Å². The molecule has 0 fully saturated rings. The second-order valence-electron chi connectivity index (χ2n) is 7.45. The van der Waals surface area contributed by atoms with Crippen molar-refractivity contribution >= 4 is 11.5 Å². The molecule has 2 aromatic carbocycles. The summed E-state index contributed by atoms with van der Waals surface area (Å²) in [6.45, 7) is 11.7. The third-order valence-electron chi connectivity index (χ3n) is 4.95. The molecule has 0 unspecified atom stereocenters. The summed E-state index contributed by atoms with van der Waals surface area (Å²) < 4.78 is 0. The highest BCUT2D eigenvalue weighted by molar-refractivity contribution is 5.87. The van der Waals surface area contributed by atoms with Crippen molar-refractivity contribution in [3.8, 4) is 22.6 Å². The monoisotopic (exact) mass is 381 g/mol. The minimum absolute atomic E-state index is 0.0216. The van der Waals surface area contributed by atoms with Gasteiger partial charge < -0.3 is 15.5 Å². The number of phenolic OH excluding ortho intramolecular Hbond substituents is 2. The number of benzene rings is 2. The Morgan fingerprint density at radius 1 is 1.14 bits per heavy atom. The van der Waals surface area contributed by atoms with Crippen LogP contribution in [0.15, 0.2) is 30.8 Å². The molecule has 3 N–H and O–H groups in total. The van der Waals surface area contributed by atoms with Crippen LogP contribution in [0.4, 0.5) is 0 Å². The van der Waals surface area contributed by atoms with Crippen LogP contribution < -0.4 is 5.32 Å². The number of unbranched alkanes of at least 4 members (excludes halogenated alkanes) is 2. The van der Waals surface area contributed by atoms with Crippen molar-refractivity contribution in [1.82, 2.24) is 5.32 Å². The van der Waals surface area contributed by atoms with Gasteiger partial charge >= 0.3 is 0 Å². The van der Waals surface area contributed by atoms with Crippen LogP contribution in [0.1, 0.15) is 62.3 Å². The smallest absolute Gasteiger partial charge is 0.217 e. The van der Waals surface area contributed by atoms with E-state index in [1.54, 1.807) is 6.07 Å². The van der Waals surface area contributed by atoms with Gasteiger partial charge in [-0.05, 0) is 49.4 Å². The van der Waals surface area contributed by atoms with Crippen molar-refractivity contribution in [2.75, 3.05) is 0 Å². The highest BCUT2D eigenvalue weighted by atomic mass is 16.3. The summed E-state index contributed by atoms with van der Waals surface area (Å²) in [5, 5.41) is 24.7. The number of amides is 1. The number of rotatable bonds is 8. The molecule has 0 saturated heterocycles. The number of aryl methyl sites for hydroxylation is 2. The summed E-state index contributed by atoms with van der Waals surface area (Å²) in [4.78, 5) is 11.5. The van der Waals surface area contributed by atoms with Gasteiger partial charge in [-0.3, -0.25) is 4.79 Å². The molecule has 0 bridgehead atoms. The molecule has 28 heavy (non-hydrogen) atoms. The van der Waals surface area contributed by atoms with Gasteiger partial charge in [0.1, 0.15) is 11.5 Å². The zero-order chi connectivity index (χ0) is 20.8. The molecule has 0 atom stereocenters. The average molecular weight is 382 g/mol. The zero-order valence-electron chi connectivity index (χ0n) is 17.4. The van der Waals surface area contributed by atoms with E-state index in [9.17, 15) is 15.0 Å². The van der Waals surface area contributed by atoms with E-state index in [2.05, 4.69) is 18.8 Å². The van der Waals surface area contributed by atoms with Crippen LogP contribution in [-0.2, 0) is 17.8 Å². The first kappa shape index (κ1) is 21.5. The van der Waals surface area contributed by atoms with E-state index in [0.717, 1.165) is 53.5 Å². The van der Waals surface area contributed by atoms with Crippen LogP contribution in [-0.4, -0.2) is 16.1 Å². The molecule has 0 radical (unpaired) electrons. The highest BCUT2D eigenvalue weighted by Gasteiger charge is 2.21. The normalized spacial score (nSPS) is 10.7. The average Bonchev–Trinajstić information content (AvgIpc) is 2.61. The minimum Gasteiger partial charge on any atom is -0.507 e. The summed E-state index contributed by atoms with van der Waals surface area (Å²) in [6, 6.07) is 7.61. The van der Waals surface area contributed by atoms with Crippen molar-refractivity contribution in [2.45, 2.75) is 59.9 Å². The fourth-order valence-electron chi connectivity index (χ4n) is 3.45. The van der Waals surface area contributed by atoms with Crippen molar-refractivity contribution in [3.63, 3.8) is 0 Å². The summed E-state index contributed by atoms with van der Waals surface area (Å²) in [6.07, 6.45) is 3.86. The predicted molar refractivity (Wildman–Crippen MR) is 115 cm³/mol.